The highest BCUT2D eigenvalue weighted by atomic mass is 16.5. The summed E-state index contributed by atoms with van der Waals surface area (Å²) in [6.07, 6.45) is 0. The van der Waals surface area contributed by atoms with Gasteiger partial charge in [0.25, 0.3) is 0 Å². The van der Waals surface area contributed by atoms with Gasteiger partial charge in [0.15, 0.2) is 0 Å². The Morgan fingerprint density at radius 2 is 1.03 bits per heavy atom. The summed E-state index contributed by atoms with van der Waals surface area (Å²) in [6.45, 7) is 5.04. The molecule has 0 spiro atoms. The molecule has 0 aromatic heterocycles. The molecule has 0 radical (unpaired) electrons. The Bertz CT molecular complexity index is 1140. The molecule has 2 aliphatic heterocycles. The molecule has 0 saturated heterocycles. The molecule has 0 bridgehead atoms. The monoisotopic (exact) mass is 396 g/mol. The van der Waals surface area contributed by atoms with Gasteiger partial charge in [0, 0.05) is 48.1 Å². The van der Waals surface area contributed by atoms with E-state index in [2.05, 4.69) is 82.6 Å². The van der Waals surface area contributed by atoms with Crippen LogP contribution in [-0.2, 0) is 13.1 Å². The maximum Gasteiger partial charge on any atom is 0.142 e. The van der Waals surface area contributed by atoms with Gasteiger partial charge >= 0.3 is 0 Å². The number of fused-ring (bicyclic) bond motifs is 6. The smallest absolute Gasteiger partial charge is 0.142 e. The molecule has 0 aliphatic carbocycles. The summed E-state index contributed by atoms with van der Waals surface area (Å²) in [5.74, 6) is 2.10. The standard InChI is InChI=1S/C26H24N2O2/c1-3-7-23-19(5-1)9-11-21-15-27(17-29-25(21)23)13-14-28-16-22-12-10-20-6-2-4-8-24(20)26(22)30-18-28/h1-12H,13-18H2. The van der Waals surface area contributed by atoms with E-state index in [-0.39, 0.29) is 0 Å². The van der Waals surface area contributed by atoms with Gasteiger partial charge in [-0.15, -0.1) is 0 Å². The summed E-state index contributed by atoms with van der Waals surface area (Å²) in [5.41, 5.74) is 2.54. The summed E-state index contributed by atoms with van der Waals surface area (Å²) in [6, 6.07) is 25.7. The SMILES string of the molecule is c1ccc2c3c(ccc2c1)CN(CCN1COc2c(ccc4ccccc24)C1)CO3. The van der Waals surface area contributed by atoms with E-state index >= 15 is 0 Å². The number of ether oxygens (including phenoxy) is 2. The number of benzene rings is 4. The maximum atomic E-state index is 6.17. The van der Waals surface area contributed by atoms with Crippen molar-refractivity contribution in [2.24, 2.45) is 0 Å². The van der Waals surface area contributed by atoms with E-state index in [9.17, 15) is 0 Å². The number of hydrogen-bond acceptors (Lipinski definition) is 4. The molecule has 4 nitrogen and oxygen atoms in total. The summed E-state index contributed by atoms with van der Waals surface area (Å²) < 4.78 is 12.3. The summed E-state index contributed by atoms with van der Waals surface area (Å²) in [5, 5.41) is 4.90. The molecule has 0 unspecified atom stereocenters. The molecular weight excluding hydrogens is 372 g/mol. The van der Waals surface area contributed by atoms with E-state index in [1.54, 1.807) is 0 Å². The van der Waals surface area contributed by atoms with Gasteiger partial charge in [0.05, 0.1) is 0 Å². The predicted octanol–water partition coefficient (Wildman–Crippen LogP) is 5.00. The Morgan fingerprint density at radius 3 is 1.53 bits per heavy atom. The van der Waals surface area contributed by atoms with E-state index in [1.807, 2.05) is 0 Å². The minimum absolute atomic E-state index is 0.636. The molecule has 0 amide bonds. The highest BCUT2D eigenvalue weighted by molar-refractivity contribution is 5.90. The fourth-order valence-electron chi connectivity index (χ4n) is 4.62. The Balaban J connectivity index is 1.13. The zero-order valence-corrected chi connectivity index (χ0v) is 16.9. The lowest BCUT2D eigenvalue weighted by atomic mass is 10.0. The summed E-state index contributed by atoms with van der Waals surface area (Å²) in [4.78, 5) is 4.74. The van der Waals surface area contributed by atoms with Gasteiger partial charge in [-0.3, -0.25) is 9.80 Å². The highest BCUT2D eigenvalue weighted by Crippen LogP contribution is 2.35. The first-order chi connectivity index (χ1) is 14.8. The lowest BCUT2D eigenvalue weighted by molar-refractivity contribution is 0.0536. The Labute approximate surface area is 176 Å². The molecule has 4 aromatic rings. The minimum atomic E-state index is 0.636. The third kappa shape index (κ3) is 3.09. The van der Waals surface area contributed by atoms with Crippen LogP contribution in [0, 0.1) is 0 Å². The van der Waals surface area contributed by atoms with Crippen molar-refractivity contribution in [2.45, 2.75) is 13.1 Å². The van der Waals surface area contributed by atoms with E-state index in [4.69, 9.17) is 9.47 Å². The van der Waals surface area contributed by atoms with Crippen LogP contribution >= 0.6 is 0 Å². The van der Waals surface area contributed by atoms with Crippen molar-refractivity contribution in [3.63, 3.8) is 0 Å². The van der Waals surface area contributed by atoms with Crippen LogP contribution in [0.5, 0.6) is 11.5 Å². The lowest BCUT2D eigenvalue weighted by Crippen LogP contribution is -2.41. The van der Waals surface area contributed by atoms with E-state index in [0.717, 1.165) is 37.7 Å². The van der Waals surface area contributed by atoms with Gasteiger partial charge in [0.2, 0.25) is 0 Å². The molecule has 0 N–H and O–H groups in total. The molecule has 4 aromatic carbocycles. The van der Waals surface area contributed by atoms with Crippen LogP contribution in [0.25, 0.3) is 21.5 Å². The first-order valence-corrected chi connectivity index (χ1v) is 10.6. The first kappa shape index (κ1) is 17.8. The van der Waals surface area contributed by atoms with Crippen molar-refractivity contribution < 1.29 is 9.47 Å². The largest absolute Gasteiger partial charge is 0.477 e. The second-order valence-corrected chi connectivity index (χ2v) is 8.20. The van der Waals surface area contributed by atoms with Gasteiger partial charge in [-0.2, -0.15) is 0 Å². The molecule has 2 heterocycles. The Hall–Kier alpha value is -3.08. The van der Waals surface area contributed by atoms with Gasteiger partial charge in [-0.05, 0) is 10.8 Å². The van der Waals surface area contributed by atoms with Crippen LogP contribution in [-0.4, -0.2) is 36.4 Å². The quantitative estimate of drug-likeness (QED) is 0.487. The van der Waals surface area contributed by atoms with E-state index in [1.165, 1.54) is 32.7 Å². The van der Waals surface area contributed by atoms with Crippen LogP contribution in [0.2, 0.25) is 0 Å². The van der Waals surface area contributed by atoms with Crippen molar-refractivity contribution in [3.8, 4) is 11.5 Å². The van der Waals surface area contributed by atoms with Crippen molar-refractivity contribution in [2.75, 3.05) is 26.6 Å². The molecule has 2 aliphatic rings. The number of nitrogens with zero attached hydrogens (tertiary/aromatic N) is 2. The van der Waals surface area contributed by atoms with Crippen molar-refractivity contribution in [3.05, 3.63) is 83.9 Å². The molecule has 0 saturated carbocycles. The number of rotatable bonds is 3. The maximum absolute atomic E-state index is 6.17. The molecule has 30 heavy (non-hydrogen) atoms. The third-order valence-corrected chi connectivity index (χ3v) is 6.23. The van der Waals surface area contributed by atoms with Gasteiger partial charge in [-0.1, -0.05) is 72.8 Å². The second-order valence-electron chi connectivity index (χ2n) is 8.20. The van der Waals surface area contributed by atoms with Gasteiger partial charge in [0.1, 0.15) is 25.0 Å². The zero-order chi connectivity index (χ0) is 19.9. The van der Waals surface area contributed by atoms with Crippen LogP contribution in [0.3, 0.4) is 0 Å². The fourth-order valence-corrected chi connectivity index (χ4v) is 4.62. The third-order valence-electron chi connectivity index (χ3n) is 6.23. The first-order valence-electron chi connectivity index (χ1n) is 10.6. The average Bonchev–Trinajstić information content (AvgIpc) is 2.82. The molecule has 0 fully saturated rings. The molecule has 150 valence electrons. The Kier molecular flexibility index (Phi) is 4.33. The van der Waals surface area contributed by atoms with Crippen LogP contribution in [0.4, 0.5) is 0 Å². The van der Waals surface area contributed by atoms with Gasteiger partial charge < -0.3 is 9.47 Å². The lowest BCUT2D eigenvalue weighted by Gasteiger charge is -2.34. The van der Waals surface area contributed by atoms with Crippen molar-refractivity contribution in [1.82, 2.24) is 9.80 Å². The van der Waals surface area contributed by atoms with Crippen LogP contribution < -0.4 is 9.47 Å². The van der Waals surface area contributed by atoms with Crippen LogP contribution in [0.15, 0.2) is 72.8 Å². The van der Waals surface area contributed by atoms with Gasteiger partial charge in [-0.25, -0.2) is 0 Å². The zero-order valence-electron chi connectivity index (χ0n) is 16.9. The average molecular weight is 396 g/mol. The summed E-state index contributed by atoms with van der Waals surface area (Å²) in [7, 11) is 0. The normalized spacial score (nSPS) is 16.7. The molecular formula is C26H24N2O2. The topological polar surface area (TPSA) is 24.9 Å². The fraction of sp³-hybridized carbons (Fsp3) is 0.231. The number of hydrogen-bond donors (Lipinski definition) is 0. The van der Waals surface area contributed by atoms with Crippen molar-refractivity contribution >= 4 is 21.5 Å². The molecule has 0 atom stereocenters. The Morgan fingerprint density at radius 1 is 0.567 bits per heavy atom. The minimum Gasteiger partial charge on any atom is -0.477 e. The highest BCUT2D eigenvalue weighted by Gasteiger charge is 2.22. The predicted molar refractivity (Wildman–Crippen MR) is 120 cm³/mol. The molecule has 4 heteroatoms. The van der Waals surface area contributed by atoms with E-state index in [0.29, 0.717) is 13.5 Å². The second kappa shape index (κ2) is 7.31. The van der Waals surface area contributed by atoms with Crippen molar-refractivity contribution in [1.29, 1.82) is 0 Å². The van der Waals surface area contributed by atoms with Crippen LogP contribution in [0.1, 0.15) is 11.1 Å². The van der Waals surface area contributed by atoms with E-state index < -0.39 is 0 Å². The summed E-state index contributed by atoms with van der Waals surface area (Å²) >= 11 is 0. The molecule has 6 rings (SSSR count).